The molecule has 9 heteroatoms. The Bertz CT molecular complexity index is 330. The van der Waals surface area contributed by atoms with Crippen molar-refractivity contribution in [2.45, 2.75) is 0 Å². The first kappa shape index (κ1) is 19.3. The molecule has 0 bridgehead atoms. The number of carboxylic acid groups (broad SMARTS) is 2. The molecule has 1 aliphatic heterocycles. The van der Waals surface area contributed by atoms with Crippen LogP contribution in [-0.2, 0) is 19.1 Å². The van der Waals surface area contributed by atoms with Gasteiger partial charge in [0.05, 0.1) is 13.2 Å². The van der Waals surface area contributed by atoms with Crippen LogP contribution in [0.15, 0.2) is 0 Å². The van der Waals surface area contributed by atoms with Crippen LogP contribution in [0.2, 0.25) is 0 Å². The van der Waals surface area contributed by atoms with Gasteiger partial charge >= 0.3 is 11.9 Å². The number of nitrogens with one attached hydrogen (secondary N) is 1. The van der Waals surface area contributed by atoms with Crippen LogP contribution in [0.25, 0.3) is 0 Å². The molecule has 0 aromatic rings. The summed E-state index contributed by atoms with van der Waals surface area (Å²) in [7, 11) is 3.74. The molecule has 122 valence electrons. The second kappa shape index (κ2) is 11.0. The molecule has 1 fully saturated rings. The lowest BCUT2D eigenvalue weighted by molar-refractivity contribution is -0.159. The summed E-state index contributed by atoms with van der Waals surface area (Å²) in [4.78, 5) is 34.1. The maximum absolute atomic E-state index is 11.4. The maximum Gasteiger partial charge on any atom is 0.414 e. The van der Waals surface area contributed by atoms with E-state index in [1.54, 1.807) is 7.11 Å². The summed E-state index contributed by atoms with van der Waals surface area (Å²) in [5, 5.41) is 17.6. The van der Waals surface area contributed by atoms with Crippen molar-refractivity contribution < 1.29 is 29.3 Å². The fraction of sp³-hybridized carbons (Fsp3) is 0.750. The summed E-state index contributed by atoms with van der Waals surface area (Å²) in [6.07, 6.45) is 0. The van der Waals surface area contributed by atoms with Gasteiger partial charge in [0.15, 0.2) is 0 Å². The molecule has 0 radical (unpaired) electrons. The van der Waals surface area contributed by atoms with Gasteiger partial charge in [-0.15, -0.1) is 0 Å². The van der Waals surface area contributed by atoms with Crippen molar-refractivity contribution in [2.24, 2.45) is 0 Å². The minimum absolute atomic E-state index is 0.0941. The van der Waals surface area contributed by atoms with E-state index >= 15 is 0 Å². The Morgan fingerprint density at radius 2 is 1.62 bits per heavy atom. The maximum atomic E-state index is 11.4. The average Bonchev–Trinajstić information content (AvgIpc) is 2.42. The van der Waals surface area contributed by atoms with Crippen LogP contribution in [0.5, 0.6) is 0 Å². The number of aliphatic carboxylic acids is 2. The third-order valence-corrected chi connectivity index (χ3v) is 2.77. The number of amides is 1. The molecule has 0 atom stereocenters. The number of methoxy groups -OCH3 is 1. The lowest BCUT2D eigenvalue weighted by Crippen LogP contribution is -2.48. The van der Waals surface area contributed by atoms with Gasteiger partial charge in [-0.1, -0.05) is 0 Å². The van der Waals surface area contributed by atoms with Crippen LogP contribution >= 0.6 is 0 Å². The largest absolute Gasteiger partial charge is 0.473 e. The van der Waals surface area contributed by atoms with E-state index in [1.807, 2.05) is 0 Å². The summed E-state index contributed by atoms with van der Waals surface area (Å²) in [6.45, 7) is 5.74. The van der Waals surface area contributed by atoms with Gasteiger partial charge in [-0.2, -0.15) is 0 Å². The van der Waals surface area contributed by atoms with Crippen LogP contribution in [-0.4, -0.2) is 97.9 Å². The topological polar surface area (TPSA) is 119 Å². The highest BCUT2D eigenvalue weighted by Gasteiger charge is 2.15. The Morgan fingerprint density at radius 1 is 1.10 bits per heavy atom. The molecule has 0 saturated carbocycles. The molecule has 0 unspecified atom stereocenters. The van der Waals surface area contributed by atoms with E-state index in [4.69, 9.17) is 24.5 Å². The second-order valence-corrected chi connectivity index (χ2v) is 4.53. The first-order valence-electron chi connectivity index (χ1n) is 6.49. The van der Waals surface area contributed by atoms with Gasteiger partial charge < -0.3 is 25.2 Å². The molecule has 1 heterocycles. The van der Waals surface area contributed by atoms with Crippen molar-refractivity contribution in [3.8, 4) is 0 Å². The zero-order valence-corrected chi connectivity index (χ0v) is 12.4. The highest BCUT2D eigenvalue weighted by molar-refractivity contribution is 6.27. The van der Waals surface area contributed by atoms with Gasteiger partial charge in [-0.25, -0.2) is 9.59 Å². The molecule has 1 amide bonds. The van der Waals surface area contributed by atoms with E-state index in [2.05, 4.69) is 22.2 Å². The molecule has 1 rings (SSSR count). The number of hydrogen-bond donors (Lipinski definition) is 3. The lowest BCUT2D eigenvalue weighted by atomic mass is 10.3. The first-order valence-corrected chi connectivity index (χ1v) is 6.49. The molecular weight excluding hydrogens is 282 g/mol. The van der Waals surface area contributed by atoms with Crippen molar-refractivity contribution in [1.82, 2.24) is 15.1 Å². The first-order chi connectivity index (χ1) is 9.86. The molecular formula is C12H23N3O6. The molecule has 9 nitrogen and oxygen atoms in total. The van der Waals surface area contributed by atoms with E-state index < -0.39 is 11.9 Å². The molecule has 1 saturated heterocycles. The Balaban J connectivity index is 0.000000567. The summed E-state index contributed by atoms with van der Waals surface area (Å²) in [6, 6.07) is 0. The molecule has 0 aromatic carbocycles. The summed E-state index contributed by atoms with van der Waals surface area (Å²) >= 11 is 0. The molecule has 3 N–H and O–H groups in total. The van der Waals surface area contributed by atoms with Crippen LogP contribution in [0.1, 0.15) is 0 Å². The number of carbonyl (C=O) groups excluding carboxylic acids is 1. The highest BCUT2D eigenvalue weighted by atomic mass is 16.5. The van der Waals surface area contributed by atoms with Crippen molar-refractivity contribution in [2.75, 3.05) is 60.0 Å². The Kier molecular flexibility index (Phi) is 10.1. The van der Waals surface area contributed by atoms with Crippen molar-refractivity contribution in [3.05, 3.63) is 0 Å². The predicted molar refractivity (Wildman–Crippen MR) is 74.1 cm³/mol. The number of ether oxygens (including phenoxy) is 1. The monoisotopic (exact) mass is 305 g/mol. The summed E-state index contributed by atoms with van der Waals surface area (Å²) in [5.41, 5.74) is 0. The standard InChI is InChI=1S/C10H21N3O2.C2H2O4/c1-12-4-6-13(7-5-12)9-10(14)11-3-8-15-2;3-1(4)2(5)6/h3-9H2,1-2H3,(H,11,14);(H,3,4)(H,5,6). The van der Waals surface area contributed by atoms with Crippen LogP contribution in [0.3, 0.4) is 0 Å². The smallest absolute Gasteiger partial charge is 0.414 e. The number of nitrogens with zero attached hydrogens (tertiary/aromatic N) is 2. The Labute approximate surface area is 123 Å². The van der Waals surface area contributed by atoms with Gasteiger partial charge in [0.1, 0.15) is 0 Å². The molecule has 0 aliphatic carbocycles. The molecule has 0 spiro atoms. The molecule has 21 heavy (non-hydrogen) atoms. The van der Waals surface area contributed by atoms with Crippen LogP contribution < -0.4 is 5.32 Å². The quantitative estimate of drug-likeness (QED) is 0.400. The van der Waals surface area contributed by atoms with Gasteiger partial charge in [-0.05, 0) is 7.05 Å². The second-order valence-electron chi connectivity index (χ2n) is 4.53. The van der Waals surface area contributed by atoms with E-state index in [1.165, 1.54) is 0 Å². The average molecular weight is 305 g/mol. The Hall–Kier alpha value is -1.71. The molecule has 0 aromatic heterocycles. The van der Waals surface area contributed by atoms with E-state index in [0.717, 1.165) is 26.2 Å². The van der Waals surface area contributed by atoms with Crippen molar-refractivity contribution in [1.29, 1.82) is 0 Å². The van der Waals surface area contributed by atoms with Crippen LogP contribution in [0, 0.1) is 0 Å². The highest BCUT2D eigenvalue weighted by Crippen LogP contribution is 1.97. The third kappa shape index (κ3) is 10.7. The number of carbonyl (C=O) groups is 3. The van der Waals surface area contributed by atoms with Crippen molar-refractivity contribution in [3.63, 3.8) is 0 Å². The SMILES string of the molecule is COCCNC(=O)CN1CCN(C)CC1.O=C(O)C(=O)O. The minimum Gasteiger partial charge on any atom is -0.473 e. The number of rotatable bonds is 5. The number of carboxylic acids is 2. The summed E-state index contributed by atoms with van der Waals surface area (Å²) in [5.74, 6) is -3.55. The Morgan fingerprint density at radius 3 is 2.05 bits per heavy atom. The fourth-order valence-corrected chi connectivity index (χ4v) is 1.56. The zero-order valence-electron chi connectivity index (χ0n) is 12.4. The predicted octanol–water partition coefficient (Wildman–Crippen LogP) is -1.85. The lowest BCUT2D eigenvalue weighted by Gasteiger charge is -2.31. The van der Waals surface area contributed by atoms with Gasteiger partial charge in [0, 0.05) is 39.8 Å². The van der Waals surface area contributed by atoms with Gasteiger partial charge in [-0.3, -0.25) is 9.69 Å². The normalized spacial score (nSPS) is 15.7. The van der Waals surface area contributed by atoms with Crippen molar-refractivity contribution >= 4 is 17.8 Å². The van der Waals surface area contributed by atoms with E-state index in [9.17, 15) is 4.79 Å². The summed E-state index contributed by atoms with van der Waals surface area (Å²) < 4.78 is 4.86. The fourth-order valence-electron chi connectivity index (χ4n) is 1.56. The molecule has 1 aliphatic rings. The van der Waals surface area contributed by atoms with Crippen LogP contribution in [0.4, 0.5) is 0 Å². The van der Waals surface area contributed by atoms with E-state index in [-0.39, 0.29) is 5.91 Å². The number of likely N-dealkylation sites (N-methyl/N-ethyl adjacent to an activating group) is 1. The number of hydrogen-bond acceptors (Lipinski definition) is 6. The minimum atomic E-state index is -1.82. The zero-order chi connectivity index (χ0) is 16.3. The third-order valence-electron chi connectivity index (χ3n) is 2.77. The van der Waals surface area contributed by atoms with Gasteiger partial charge in [0.2, 0.25) is 5.91 Å². The van der Waals surface area contributed by atoms with Gasteiger partial charge in [0.25, 0.3) is 0 Å². The number of piperazine rings is 1. The van der Waals surface area contributed by atoms with E-state index in [0.29, 0.717) is 19.7 Å².